The maximum Gasteiger partial charge on any atom is 0.306 e. The molecule has 0 aliphatic heterocycles. The van der Waals surface area contributed by atoms with Crippen LogP contribution in [0.2, 0.25) is 0 Å². The highest BCUT2D eigenvalue weighted by Crippen LogP contribution is 2.16. The van der Waals surface area contributed by atoms with Crippen LogP contribution < -0.4 is 0 Å². The molecule has 1 unspecified atom stereocenters. The minimum absolute atomic E-state index is 0.0801. The first-order valence-corrected chi connectivity index (χ1v) is 26.7. The normalized spacial score (nSPS) is 12.4. The molecule has 0 amide bonds. The molecule has 0 saturated heterocycles. The molecule has 0 bridgehead atoms. The van der Waals surface area contributed by atoms with E-state index in [1.54, 1.807) is 0 Å². The van der Waals surface area contributed by atoms with Crippen molar-refractivity contribution in [3.63, 3.8) is 0 Å². The van der Waals surface area contributed by atoms with Gasteiger partial charge in [-0.15, -0.1) is 0 Å². The minimum Gasteiger partial charge on any atom is -0.462 e. The Labute approximate surface area is 384 Å². The lowest BCUT2D eigenvalue weighted by Gasteiger charge is -2.18. The highest BCUT2D eigenvalue weighted by Gasteiger charge is 2.19. The van der Waals surface area contributed by atoms with Crippen molar-refractivity contribution in [1.82, 2.24) is 0 Å². The molecule has 6 heteroatoms. The van der Waals surface area contributed by atoms with E-state index in [1.165, 1.54) is 135 Å². The van der Waals surface area contributed by atoms with Crippen molar-refractivity contribution in [3.05, 3.63) is 48.6 Å². The Balaban J connectivity index is 4.36. The second-order valence-electron chi connectivity index (χ2n) is 17.8. The molecule has 0 aromatic rings. The van der Waals surface area contributed by atoms with Gasteiger partial charge in [0, 0.05) is 19.3 Å². The topological polar surface area (TPSA) is 78.9 Å². The second-order valence-corrected chi connectivity index (χ2v) is 17.8. The number of carbonyl (C=O) groups is 3. The van der Waals surface area contributed by atoms with Crippen LogP contribution in [-0.4, -0.2) is 37.2 Å². The lowest BCUT2D eigenvalue weighted by molar-refractivity contribution is -0.167. The van der Waals surface area contributed by atoms with Crippen LogP contribution in [-0.2, 0) is 28.6 Å². The molecule has 0 aromatic carbocycles. The summed E-state index contributed by atoms with van der Waals surface area (Å²) < 4.78 is 16.8. The van der Waals surface area contributed by atoms with Crippen molar-refractivity contribution in [3.8, 4) is 0 Å². The molecule has 0 saturated carbocycles. The molecule has 1 atom stereocenters. The largest absolute Gasteiger partial charge is 0.462 e. The van der Waals surface area contributed by atoms with Crippen LogP contribution in [0.3, 0.4) is 0 Å². The zero-order chi connectivity index (χ0) is 45.1. The van der Waals surface area contributed by atoms with Gasteiger partial charge in [-0.2, -0.15) is 0 Å². The van der Waals surface area contributed by atoms with Crippen molar-refractivity contribution in [2.24, 2.45) is 0 Å². The molecule has 0 spiro atoms. The fourth-order valence-electron chi connectivity index (χ4n) is 7.59. The van der Waals surface area contributed by atoms with Crippen molar-refractivity contribution in [2.45, 2.75) is 277 Å². The molecule has 0 aromatic heterocycles. The molecule has 360 valence electrons. The summed E-state index contributed by atoms with van der Waals surface area (Å²) >= 11 is 0. The van der Waals surface area contributed by atoms with Gasteiger partial charge in [-0.3, -0.25) is 14.4 Å². The van der Waals surface area contributed by atoms with E-state index in [-0.39, 0.29) is 31.1 Å². The fraction of sp³-hybridized carbons (Fsp3) is 0.804. The number of allylic oxidation sites excluding steroid dienone is 8. The molecule has 0 rings (SSSR count). The number of hydrogen-bond donors (Lipinski definition) is 0. The summed E-state index contributed by atoms with van der Waals surface area (Å²) in [6, 6.07) is 0. The van der Waals surface area contributed by atoms with Gasteiger partial charge in [-0.25, -0.2) is 0 Å². The van der Waals surface area contributed by atoms with Gasteiger partial charge >= 0.3 is 17.9 Å². The Morgan fingerprint density at radius 2 is 0.677 bits per heavy atom. The van der Waals surface area contributed by atoms with Gasteiger partial charge in [0.15, 0.2) is 6.10 Å². The number of unbranched alkanes of at least 4 members (excludes halogenated alkanes) is 30. The van der Waals surface area contributed by atoms with Crippen molar-refractivity contribution >= 4 is 17.9 Å². The Hall–Kier alpha value is -2.63. The molecule has 0 aliphatic carbocycles. The highest BCUT2D eigenvalue weighted by atomic mass is 16.6. The van der Waals surface area contributed by atoms with Gasteiger partial charge in [0.1, 0.15) is 13.2 Å². The van der Waals surface area contributed by atoms with Gasteiger partial charge in [-0.05, 0) is 70.6 Å². The number of hydrogen-bond acceptors (Lipinski definition) is 6. The molecule has 0 aliphatic rings. The summed E-state index contributed by atoms with van der Waals surface area (Å²) in [5.74, 6) is -0.898. The molecule has 0 heterocycles. The lowest BCUT2D eigenvalue weighted by atomic mass is 10.0. The van der Waals surface area contributed by atoms with Gasteiger partial charge in [0.05, 0.1) is 0 Å². The molecule has 62 heavy (non-hydrogen) atoms. The first kappa shape index (κ1) is 59.4. The highest BCUT2D eigenvalue weighted by molar-refractivity contribution is 5.71. The third-order valence-corrected chi connectivity index (χ3v) is 11.6. The first-order chi connectivity index (χ1) is 30.5. The monoisotopic (exact) mass is 869 g/mol. The average molecular weight is 869 g/mol. The Bertz CT molecular complexity index is 1090. The van der Waals surface area contributed by atoms with E-state index in [1.807, 2.05) is 0 Å². The average Bonchev–Trinajstić information content (AvgIpc) is 3.27. The summed E-state index contributed by atoms with van der Waals surface area (Å²) in [6.07, 6.45) is 60.9. The van der Waals surface area contributed by atoms with Gasteiger partial charge < -0.3 is 14.2 Å². The minimum atomic E-state index is -0.782. The van der Waals surface area contributed by atoms with Crippen LogP contribution in [0.25, 0.3) is 0 Å². The van der Waals surface area contributed by atoms with E-state index in [0.29, 0.717) is 19.3 Å². The second kappa shape index (κ2) is 51.0. The quantitative estimate of drug-likeness (QED) is 0.0199. The predicted molar refractivity (Wildman–Crippen MR) is 265 cm³/mol. The zero-order valence-electron chi connectivity index (χ0n) is 41.1. The molecule has 0 fully saturated rings. The zero-order valence-corrected chi connectivity index (χ0v) is 41.1. The van der Waals surface area contributed by atoms with Crippen LogP contribution in [0.15, 0.2) is 48.6 Å². The SMILES string of the molecule is CC/C=C\C/C=C\CCCCCCCC(=O)OCC(COC(=O)CCCCCCCCCCCCCCCCCCC)OC(=O)CCCCCCCC/C=C\C=C/CCCCC. The third-order valence-electron chi connectivity index (χ3n) is 11.6. The van der Waals surface area contributed by atoms with E-state index in [4.69, 9.17) is 14.2 Å². The number of ether oxygens (including phenoxy) is 3. The third kappa shape index (κ3) is 48.4. The molecule has 0 N–H and O–H groups in total. The van der Waals surface area contributed by atoms with E-state index in [2.05, 4.69) is 69.4 Å². The van der Waals surface area contributed by atoms with Gasteiger partial charge in [0.25, 0.3) is 0 Å². The number of esters is 3. The lowest BCUT2D eigenvalue weighted by Crippen LogP contribution is -2.30. The van der Waals surface area contributed by atoms with Crippen LogP contribution >= 0.6 is 0 Å². The predicted octanol–water partition coefficient (Wildman–Crippen LogP) is 17.5. The first-order valence-electron chi connectivity index (χ1n) is 26.7. The Morgan fingerprint density at radius 1 is 0.355 bits per heavy atom. The maximum atomic E-state index is 12.8. The number of rotatable bonds is 48. The van der Waals surface area contributed by atoms with Crippen LogP contribution in [0.4, 0.5) is 0 Å². The summed E-state index contributed by atoms with van der Waals surface area (Å²) in [5.41, 5.74) is 0. The van der Waals surface area contributed by atoms with Crippen molar-refractivity contribution in [1.29, 1.82) is 0 Å². The van der Waals surface area contributed by atoms with E-state index in [0.717, 1.165) is 96.3 Å². The van der Waals surface area contributed by atoms with Gasteiger partial charge in [-0.1, -0.05) is 230 Å². The molecule has 6 nitrogen and oxygen atoms in total. The van der Waals surface area contributed by atoms with Crippen molar-refractivity contribution in [2.75, 3.05) is 13.2 Å². The summed E-state index contributed by atoms with van der Waals surface area (Å²) in [7, 11) is 0. The molecular formula is C56H100O6. The maximum absolute atomic E-state index is 12.8. The molecular weight excluding hydrogens is 769 g/mol. The summed E-state index contributed by atoms with van der Waals surface area (Å²) in [4.78, 5) is 38.0. The molecule has 0 radical (unpaired) electrons. The summed E-state index contributed by atoms with van der Waals surface area (Å²) in [6.45, 7) is 6.50. The van der Waals surface area contributed by atoms with Crippen LogP contribution in [0, 0.1) is 0 Å². The Kier molecular flexibility index (Phi) is 48.8. The van der Waals surface area contributed by atoms with Gasteiger partial charge in [0.2, 0.25) is 0 Å². The standard InChI is InChI=1S/C56H100O6/c1-4-7-10-13-16-19-22-25-27-28-30-31-34-37-40-43-46-49-55(58)61-52-53(51-60-54(57)48-45-42-39-36-33-24-21-18-15-12-9-6-3)62-56(59)50-47-44-41-38-35-32-29-26-23-20-17-14-11-8-5-2/h9,12,17-18,20-21,23,26,53H,4-8,10-11,13-16,19,22,24-25,27-52H2,1-3H3/b12-9-,20-17-,21-18-,26-23-. The van der Waals surface area contributed by atoms with Crippen LogP contribution in [0.1, 0.15) is 271 Å². The fourth-order valence-corrected chi connectivity index (χ4v) is 7.59. The van der Waals surface area contributed by atoms with Crippen LogP contribution in [0.5, 0.6) is 0 Å². The van der Waals surface area contributed by atoms with Crippen molar-refractivity contribution < 1.29 is 28.6 Å². The van der Waals surface area contributed by atoms with E-state index < -0.39 is 6.10 Å². The summed E-state index contributed by atoms with van der Waals surface area (Å²) in [5, 5.41) is 0. The van der Waals surface area contributed by atoms with E-state index in [9.17, 15) is 14.4 Å². The van der Waals surface area contributed by atoms with E-state index >= 15 is 0 Å². The Morgan fingerprint density at radius 3 is 1.10 bits per heavy atom. The number of carbonyl (C=O) groups excluding carboxylic acids is 3. The smallest absolute Gasteiger partial charge is 0.306 e.